The molecule has 0 unspecified atom stereocenters. The molecule has 1 N–H and O–H groups in total. The van der Waals surface area contributed by atoms with Crippen LogP contribution in [-0.2, 0) is 6.61 Å². The lowest BCUT2D eigenvalue weighted by atomic mass is 10.3. The maximum absolute atomic E-state index is 8.59. The Morgan fingerprint density at radius 2 is 2.33 bits per heavy atom. The fourth-order valence-corrected chi connectivity index (χ4v) is 0.793. The molecule has 1 aromatic rings. The lowest BCUT2D eigenvalue weighted by molar-refractivity contribution is 0.281. The van der Waals surface area contributed by atoms with Crippen molar-refractivity contribution in [2.24, 2.45) is 0 Å². The number of pyridine rings is 1. The largest absolute Gasteiger partial charge is 0.392 e. The quantitative estimate of drug-likeness (QED) is 0.569. The van der Waals surface area contributed by atoms with E-state index in [1.54, 1.807) is 18.5 Å². The number of thiol groups is 1. The normalized spacial score (nSPS) is 9.56. The van der Waals surface area contributed by atoms with Crippen LogP contribution in [0.5, 0.6) is 0 Å². The van der Waals surface area contributed by atoms with Crippen LogP contribution in [0.25, 0.3) is 0 Å². The Kier molecular flexibility index (Phi) is 2.08. The van der Waals surface area contributed by atoms with Crippen molar-refractivity contribution in [1.29, 1.82) is 0 Å². The van der Waals surface area contributed by atoms with Gasteiger partial charge in [0.05, 0.1) is 6.61 Å². The zero-order valence-corrected chi connectivity index (χ0v) is 5.68. The molecule has 9 heavy (non-hydrogen) atoms. The van der Waals surface area contributed by atoms with Crippen LogP contribution in [0.2, 0.25) is 0 Å². The molecule has 1 rings (SSSR count). The summed E-state index contributed by atoms with van der Waals surface area (Å²) in [5, 5.41) is 8.59. The van der Waals surface area contributed by atoms with Crippen molar-refractivity contribution in [3.05, 3.63) is 24.0 Å². The van der Waals surface area contributed by atoms with Gasteiger partial charge in [-0.1, -0.05) is 0 Å². The molecule has 0 bridgehead atoms. The van der Waals surface area contributed by atoms with Crippen molar-refractivity contribution in [3.63, 3.8) is 0 Å². The van der Waals surface area contributed by atoms with E-state index in [-0.39, 0.29) is 6.61 Å². The Bertz CT molecular complexity index is 202. The highest BCUT2D eigenvalue weighted by atomic mass is 32.1. The van der Waals surface area contributed by atoms with E-state index >= 15 is 0 Å². The Morgan fingerprint density at radius 1 is 1.56 bits per heavy atom. The van der Waals surface area contributed by atoms with Gasteiger partial charge in [-0.15, -0.1) is 12.6 Å². The number of hydrogen-bond acceptors (Lipinski definition) is 3. The van der Waals surface area contributed by atoms with Gasteiger partial charge in [0.15, 0.2) is 0 Å². The van der Waals surface area contributed by atoms with Crippen LogP contribution in [-0.4, -0.2) is 10.1 Å². The highest BCUT2D eigenvalue weighted by Gasteiger charge is 1.88. The van der Waals surface area contributed by atoms with Gasteiger partial charge < -0.3 is 5.11 Å². The van der Waals surface area contributed by atoms with Crippen molar-refractivity contribution in [1.82, 2.24) is 4.98 Å². The highest BCUT2D eigenvalue weighted by Crippen LogP contribution is 2.05. The summed E-state index contributed by atoms with van der Waals surface area (Å²) < 4.78 is 0. The molecule has 0 radical (unpaired) electrons. The van der Waals surface area contributed by atoms with Crippen LogP contribution in [0.15, 0.2) is 23.4 Å². The Morgan fingerprint density at radius 3 is 2.78 bits per heavy atom. The lowest BCUT2D eigenvalue weighted by Gasteiger charge is -1.93. The van der Waals surface area contributed by atoms with Crippen LogP contribution < -0.4 is 0 Å². The molecule has 48 valence electrons. The minimum Gasteiger partial charge on any atom is -0.392 e. The highest BCUT2D eigenvalue weighted by molar-refractivity contribution is 7.80. The topological polar surface area (TPSA) is 33.1 Å². The smallest absolute Gasteiger partial charge is 0.0697 e. The van der Waals surface area contributed by atoms with Crippen molar-refractivity contribution in [2.45, 2.75) is 11.5 Å². The summed E-state index contributed by atoms with van der Waals surface area (Å²) >= 11 is 4.03. The van der Waals surface area contributed by atoms with Gasteiger partial charge in [-0.25, -0.2) is 0 Å². The summed E-state index contributed by atoms with van der Waals surface area (Å²) in [5.41, 5.74) is 0.794. The number of rotatable bonds is 1. The predicted molar refractivity (Wildman–Crippen MR) is 37.4 cm³/mol. The first-order valence-corrected chi connectivity index (χ1v) is 3.01. The molecule has 0 aliphatic carbocycles. The molecule has 0 saturated heterocycles. The minimum atomic E-state index is 0.0292. The van der Waals surface area contributed by atoms with Gasteiger partial charge >= 0.3 is 0 Å². The molecule has 0 aliphatic rings. The monoisotopic (exact) mass is 141 g/mol. The van der Waals surface area contributed by atoms with E-state index < -0.39 is 0 Å². The van der Waals surface area contributed by atoms with Crippen molar-refractivity contribution in [3.8, 4) is 0 Å². The van der Waals surface area contributed by atoms with Gasteiger partial charge in [0.1, 0.15) is 0 Å². The van der Waals surface area contributed by atoms with Gasteiger partial charge in [-0.3, -0.25) is 4.98 Å². The Labute approximate surface area is 59.0 Å². The van der Waals surface area contributed by atoms with E-state index in [1.807, 2.05) is 0 Å². The maximum Gasteiger partial charge on any atom is 0.0697 e. The zero-order chi connectivity index (χ0) is 6.69. The molecule has 1 aromatic heterocycles. The average molecular weight is 141 g/mol. The number of aliphatic hydroxyl groups excluding tert-OH is 1. The molecule has 2 nitrogen and oxygen atoms in total. The number of aromatic nitrogens is 1. The number of nitrogens with zero attached hydrogens (tertiary/aromatic N) is 1. The standard InChI is InChI=1S/C6H7NOS/c8-4-5-1-6(9)3-7-2-5/h1-3,8-9H,4H2. The molecule has 0 saturated carbocycles. The third-order valence-electron chi connectivity index (χ3n) is 0.963. The molecule has 3 heteroatoms. The van der Waals surface area contributed by atoms with E-state index in [9.17, 15) is 0 Å². The van der Waals surface area contributed by atoms with Gasteiger partial charge in [-0.2, -0.15) is 0 Å². The van der Waals surface area contributed by atoms with Crippen molar-refractivity contribution < 1.29 is 5.11 Å². The second-order valence-corrected chi connectivity index (χ2v) is 2.23. The lowest BCUT2D eigenvalue weighted by Crippen LogP contribution is -1.83. The summed E-state index contributed by atoms with van der Waals surface area (Å²) in [5.74, 6) is 0. The van der Waals surface area contributed by atoms with Gasteiger partial charge in [0, 0.05) is 17.3 Å². The minimum absolute atomic E-state index is 0.0292. The van der Waals surface area contributed by atoms with Crippen LogP contribution in [0, 0.1) is 0 Å². The average Bonchev–Trinajstić information content (AvgIpc) is 1.88. The third-order valence-corrected chi connectivity index (χ3v) is 1.21. The second-order valence-electron chi connectivity index (χ2n) is 1.71. The van der Waals surface area contributed by atoms with Crippen molar-refractivity contribution >= 4 is 12.6 Å². The summed E-state index contributed by atoms with van der Waals surface area (Å²) in [6.45, 7) is 0.0292. The third kappa shape index (κ3) is 1.69. The Balaban J connectivity index is 2.94. The summed E-state index contributed by atoms with van der Waals surface area (Å²) in [6, 6.07) is 1.77. The fraction of sp³-hybridized carbons (Fsp3) is 0.167. The summed E-state index contributed by atoms with van der Waals surface area (Å²) in [6.07, 6.45) is 3.24. The van der Waals surface area contributed by atoms with E-state index in [2.05, 4.69) is 17.6 Å². The fourth-order valence-electron chi connectivity index (χ4n) is 0.560. The van der Waals surface area contributed by atoms with Gasteiger partial charge in [0.25, 0.3) is 0 Å². The predicted octanol–water partition coefficient (Wildman–Crippen LogP) is 0.863. The van der Waals surface area contributed by atoms with E-state index in [4.69, 9.17) is 5.11 Å². The van der Waals surface area contributed by atoms with Crippen LogP contribution in [0.1, 0.15) is 5.56 Å². The molecule has 0 aliphatic heterocycles. The first-order valence-electron chi connectivity index (χ1n) is 2.56. The molecule has 0 fully saturated rings. The number of hydrogen-bond donors (Lipinski definition) is 2. The molecule has 0 spiro atoms. The number of aliphatic hydroxyl groups is 1. The second kappa shape index (κ2) is 2.85. The Hall–Kier alpha value is -0.540. The molecular formula is C6H7NOS. The molecule has 1 heterocycles. The molecule has 0 atom stereocenters. The first kappa shape index (κ1) is 6.58. The SMILES string of the molecule is OCc1cncc(S)c1. The van der Waals surface area contributed by atoms with E-state index in [0.29, 0.717) is 0 Å². The molecule has 0 aromatic carbocycles. The van der Waals surface area contributed by atoms with Gasteiger partial charge in [0.2, 0.25) is 0 Å². The molecule has 0 amide bonds. The van der Waals surface area contributed by atoms with Crippen LogP contribution in [0.4, 0.5) is 0 Å². The first-order chi connectivity index (χ1) is 4.33. The van der Waals surface area contributed by atoms with Crippen LogP contribution in [0.3, 0.4) is 0 Å². The molecular weight excluding hydrogens is 134 g/mol. The van der Waals surface area contributed by atoms with Gasteiger partial charge in [-0.05, 0) is 11.6 Å². The van der Waals surface area contributed by atoms with Crippen LogP contribution >= 0.6 is 12.6 Å². The van der Waals surface area contributed by atoms with E-state index in [1.165, 1.54) is 0 Å². The summed E-state index contributed by atoms with van der Waals surface area (Å²) in [7, 11) is 0. The zero-order valence-electron chi connectivity index (χ0n) is 4.78. The van der Waals surface area contributed by atoms with E-state index in [0.717, 1.165) is 10.5 Å². The maximum atomic E-state index is 8.59. The summed E-state index contributed by atoms with van der Waals surface area (Å²) in [4.78, 5) is 4.60. The van der Waals surface area contributed by atoms with Crippen molar-refractivity contribution in [2.75, 3.05) is 0 Å².